The highest BCUT2D eigenvalue weighted by atomic mass is 16.5. The van der Waals surface area contributed by atoms with Crippen LogP contribution in [0.25, 0.3) is 0 Å². The first kappa shape index (κ1) is 15.0. The Hall–Kier alpha value is -2.04. The summed E-state index contributed by atoms with van der Waals surface area (Å²) in [6, 6.07) is 5.76. The van der Waals surface area contributed by atoms with Crippen LogP contribution in [0.5, 0.6) is 5.75 Å². The van der Waals surface area contributed by atoms with E-state index in [9.17, 15) is 9.59 Å². The van der Waals surface area contributed by atoms with E-state index in [1.165, 1.54) is 0 Å². The number of carbonyl (C=O) groups excluding carboxylic acids is 1. The van der Waals surface area contributed by atoms with Gasteiger partial charge in [0.05, 0.1) is 0 Å². The first-order chi connectivity index (χ1) is 8.97. The average Bonchev–Trinajstić information content (AvgIpc) is 2.31. The molecule has 1 amide bonds. The van der Waals surface area contributed by atoms with E-state index < -0.39 is 5.97 Å². The van der Waals surface area contributed by atoms with Crippen molar-refractivity contribution in [1.82, 2.24) is 5.32 Å². The van der Waals surface area contributed by atoms with Crippen LogP contribution >= 0.6 is 0 Å². The van der Waals surface area contributed by atoms with Crippen LogP contribution in [0, 0.1) is 13.8 Å². The number of carboxylic acid groups (broad SMARTS) is 1. The van der Waals surface area contributed by atoms with Crippen LogP contribution in [-0.4, -0.2) is 30.1 Å². The second-order valence-electron chi connectivity index (χ2n) is 4.46. The minimum absolute atomic E-state index is 0.0538. The molecule has 1 rings (SSSR count). The molecular formula is C14H19NO4. The summed E-state index contributed by atoms with van der Waals surface area (Å²) in [6.07, 6.45) is 0.475. The Balaban J connectivity index is 2.28. The third kappa shape index (κ3) is 6.45. The Morgan fingerprint density at radius 1 is 1.21 bits per heavy atom. The van der Waals surface area contributed by atoms with Gasteiger partial charge in [0.2, 0.25) is 0 Å². The minimum atomic E-state index is -0.860. The Morgan fingerprint density at radius 2 is 1.84 bits per heavy atom. The molecule has 0 aromatic heterocycles. The number of benzene rings is 1. The van der Waals surface area contributed by atoms with E-state index in [0.29, 0.717) is 18.7 Å². The first-order valence-corrected chi connectivity index (χ1v) is 6.17. The van der Waals surface area contributed by atoms with Crippen molar-refractivity contribution in [3.8, 4) is 5.75 Å². The van der Waals surface area contributed by atoms with E-state index in [-0.39, 0.29) is 18.9 Å². The maximum atomic E-state index is 11.4. The zero-order chi connectivity index (χ0) is 14.3. The number of nitrogens with one attached hydrogen (secondary N) is 1. The van der Waals surface area contributed by atoms with Crippen LogP contribution in [0.4, 0.5) is 0 Å². The molecule has 5 heteroatoms. The second kappa shape index (κ2) is 7.41. The molecule has 0 spiro atoms. The Morgan fingerprint density at radius 3 is 2.42 bits per heavy atom. The van der Waals surface area contributed by atoms with Crippen LogP contribution in [0.1, 0.15) is 24.0 Å². The van der Waals surface area contributed by atoms with Gasteiger partial charge in [0.25, 0.3) is 5.91 Å². The number of hydrogen-bond donors (Lipinski definition) is 2. The van der Waals surface area contributed by atoms with Crippen molar-refractivity contribution in [2.75, 3.05) is 13.2 Å². The van der Waals surface area contributed by atoms with Crippen LogP contribution in [0.15, 0.2) is 18.2 Å². The van der Waals surface area contributed by atoms with E-state index in [4.69, 9.17) is 9.84 Å². The summed E-state index contributed by atoms with van der Waals surface area (Å²) < 4.78 is 5.38. The van der Waals surface area contributed by atoms with Crippen molar-refractivity contribution >= 4 is 11.9 Å². The number of carboxylic acids is 1. The van der Waals surface area contributed by atoms with Gasteiger partial charge in [0.15, 0.2) is 6.61 Å². The van der Waals surface area contributed by atoms with Crippen molar-refractivity contribution < 1.29 is 19.4 Å². The van der Waals surface area contributed by atoms with E-state index in [1.807, 2.05) is 32.0 Å². The standard InChI is InChI=1S/C14H19NO4/c1-10-6-11(2)8-12(7-10)19-9-13(16)15-5-3-4-14(17)18/h6-8H,3-5,9H2,1-2H3,(H,15,16)(H,17,18). The van der Waals surface area contributed by atoms with Gasteiger partial charge in [-0.3, -0.25) is 9.59 Å². The molecule has 0 unspecified atom stereocenters. The number of ether oxygens (including phenoxy) is 1. The number of aliphatic carboxylic acids is 1. The topological polar surface area (TPSA) is 75.6 Å². The molecule has 1 aromatic carbocycles. The zero-order valence-corrected chi connectivity index (χ0v) is 11.2. The molecule has 0 heterocycles. The molecule has 19 heavy (non-hydrogen) atoms. The van der Waals surface area contributed by atoms with Gasteiger partial charge < -0.3 is 15.2 Å². The molecule has 0 aliphatic carbocycles. The van der Waals surface area contributed by atoms with Gasteiger partial charge >= 0.3 is 5.97 Å². The number of hydrogen-bond acceptors (Lipinski definition) is 3. The lowest BCUT2D eigenvalue weighted by Gasteiger charge is -2.08. The fourth-order valence-corrected chi connectivity index (χ4v) is 1.68. The van der Waals surface area contributed by atoms with Gasteiger partial charge in [-0.2, -0.15) is 0 Å². The van der Waals surface area contributed by atoms with E-state index >= 15 is 0 Å². The zero-order valence-electron chi connectivity index (χ0n) is 11.2. The molecule has 0 fully saturated rings. The van der Waals surface area contributed by atoms with Gasteiger partial charge in [-0.05, 0) is 43.5 Å². The molecule has 0 bridgehead atoms. The first-order valence-electron chi connectivity index (χ1n) is 6.17. The SMILES string of the molecule is Cc1cc(C)cc(OCC(=O)NCCCC(=O)O)c1. The quantitative estimate of drug-likeness (QED) is 0.735. The highest BCUT2D eigenvalue weighted by Crippen LogP contribution is 2.15. The van der Waals surface area contributed by atoms with Gasteiger partial charge in [0.1, 0.15) is 5.75 Å². The van der Waals surface area contributed by atoms with Crippen molar-refractivity contribution in [1.29, 1.82) is 0 Å². The minimum Gasteiger partial charge on any atom is -0.484 e. The average molecular weight is 265 g/mol. The molecule has 0 aliphatic rings. The Labute approximate surface area is 112 Å². The van der Waals surface area contributed by atoms with Gasteiger partial charge in [0, 0.05) is 13.0 Å². The fraction of sp³-hybridized carbons (Fsp3) is 0.429. The summed E-state index contributed by atoms with van der Waals surface area (Å²) in [5, 5.41) is 11.1. The number of rotatable bonds is 7. The Kier molecular flexibility index (Phi) is 5.85. The van der Waals surface area contributed by atoms with Crippen LogP contribution in [-0.2, 0) is 9.59 Å². The monoisotopic (exact) mass is 265 g/mol. The van der Waals surface area contributed by atoms with Gasteiger partial charge in [-0.25, -0.2) is 0 Å². The molecule has 1 aromatic rings. The molecule has 0 aliphatic heterocycles. The smallest absolute Gasteiger partial charge is 0.303 e. The highest BCUT2D eigenvalue weighted by molar-refractivity contribution is 5.77. The predicted molar refractivity (Wildman–Crippen MR) is 71.3 cm³/mol. The summed E-state index contributed by atoms with van der Waals surface area (Å²) in [7, 11) is 0. The lowest BCUT2D eigenvalue weighted by molar-refractivity contribution is -0.137. The third-order valence-corrected chi connectivity index (χ3v) is 2.45. The van der Waals surface area contributed by atoms with Crippen LogP contribution < -0.4 is 10.1 Å². The van der Waals surface area contributed by atoms with E-state index in [0.717, 1.165) is 11.1 Å². The molecule has 104 valence electrons. The fourth-order valence-electron chi connectivity index (χ4n) is 1.68. The largest absolute Gasteiger partial charge is 0.484 e. The van der Waals surface area contributed by atoms with Crippen molar-refractivity contribution in [2.24, 2.45) is 0 Å². The highest BCUT2D eigenvalue weighted by Gasteiger charge is 2.04. The number of aryl methyl sites for hydroxylation is 2. The molecule has 0 saturated carbocycles. The number of amides is 1. The van der Waals surface area contributed by atoms with Crippen molar-refractivity contribution in [3.63, 3.8) is 0 Å². The maximum Gasteiger partial charge on any atom is 0.303 e. The van der Waals surface area contributed by atoms with Crippen molar-refractivity contribution in [3.05, 3.63) is 29.3 Å². The maximum absolute atomic E-state index is 11.4. The summed E-state index contributed by atoms with van der Waals surface area (Å²) in [6.45, 7) is 4.22. The van der Waals surface area contributed by atoms with Gasteiger partial charge in [-0.1, -0.05) is 6.07 Å². The third-order valence-electron chi connectivity index (χ3n) is 2.45. The molecule has 5 nitrogen and oxygen atoms in total. The molecule has 0 atom stereocenters. The van der Waals surface area contributed by atoms with E-state index in [2.05, 4.69) is 5.32 Å². The molecular weight excluding hydrogens is 246 g/mol. The molecule has 2 N–H and O–H groups in total. The summed E-state index contributed by atoms with van der Waals surface area (Å²) in [4.78, 5) is 21.7. The second-order valence-corrected chi connectivity index (χ2v) is 4.46. The lowest BCUT2D eigenvalue weighted by Crippen LogP contribution is -2.29. The van der Waals surface area contributed by atoms with Crippen molar-refractivity contribution in [2.45, 2.75) is 26.7 Å². The summed E-state index contributed by atoms with van der Waals surface area (Å²) in [5.41, 5.74) is 2.16. The van der Waals surface area contributed by atoms with E-state index in [1.54, 1.807) is 0 Å². The molecule has 0 radical (unpaired) electrons. The van der Waals surface area contributed by atoms with Crippen LogP contribution in [0.3, 0.4) is 0 Å². The molecule has 0 saturated heterocycles. The normalized spacial score (nSPS) is 10.0. The summed E-state index contributed by atoms with van der Waals surface area (Å²) >= 11 is 0. The van der Waals surface area contributed by atoms with Crippen LogP contribution in [0.2, 0.25) is 0 Å². The predicted octanol–water partition coefficient (Wildman–Crippen LogP) is 1.66. The number of carbonyl (C=O) groups is 2. The summed E-state index contributed by atoms with van der Waals surface area (Å²) in [5.74, 6) is -0.441. The van der Waals surface area contributed by atoms with Gasteiger partial charge in [-0.15, -0.1) is 0 Å². The lowest BCUT2D eigenvalue weighted by atomic mass is 10.1. The Bertz CT molecular complexity index is 437.